The number of carbonyl (C=O) groups excluding carboxylic acids is 2. The number of fused-ring (bicyclic) bond motifs is 1. The van der Waals surface area contributed by atoms with Crippen LogP contribution in [0.3, 0.4) is 0 Å². The monoisotopic (exact) mass is 388 g/mol. The summed E-state index contributed by atoms with van der Waals surface area (Å²) in [7, 11) is 0. The Hall–Kier alpha value is -3.13. The number of rotatable bonds is 4. The van der Waals surface area contributed by atoms with Gasteiger partial charge >= 0.3 is 0 Å². The van der Waals surface area contributed by atoms with Gasteiger partial charge in [0.05, 0.1) is 5.56 Å². The van der Waals surface area contributed by atoms with E-state index in [1.807, 2.05) is 6.07 Å². The first-order valence-electron chi connectivity index (χ1n) is 7.81. The molecule has 3 N–H and O–H groups in total. The van der Waals surface area contributed by atoms with Crippen LogP contribution in [0, 0.1) is 0 Å². The second-order valence-corrected chi connectivity index (χ2v) is 6.59. The third kappa shape index (κ3) is 4.53. The number of hydrogen-bond donors (Lipinski definition) is 3. The van der Waals surface area contributed by atoms with Crippen molar-refractivity contribution in [3.05, 3.63) is 71.8 Å². The lowest BCUT2D eigenvalue weighted by Crippen LogP contribution is -2.41. The van der Waals surface area contributed by atoms with Crippen LogP contribution in [0.5, 0.6) is 5.75 Å². The SMILES string of the molecule is O=C(NNC(=O)c1cc2ccccc2cc1O)c1ccc(SC(F)F)cc1. The summed E-state index contributed by atoms with van der Waals surface area (Å²) in [5.74, 6) is -4.05. The van der Waals surface area contributed by atoms with Crippen molar-refractivity contribution in [1.82, 2.24) is 10.9 Å². The van der Waals surface area contributed by atoms with Gasteiger partial charge in [0.1, 0.15) is 5.75 Å². The molecule has 0 unspecified atom stereocenters. The van der Waals surface area contributed by atoms with Gasteiger partial charge in [-0.2, -0.15) is 8.78 Å². The van der Waals surface area contributed by atoms with Crippen LogP contribution in [0.2, 0.25) is 0 Å². The first-order valence-corrected chi connectivity index (χ1v) is 8.69. The molecule has 0 aromatic heterocycles. The minimum atomic E-state index is -2.54. The van der Waals surface area contributed by atoms with Gasteiger partial charge in [-0.1, -0.05) is 36.0 Å². The van der Waals surface area contributed by atoms with E-state index < -0.39 is 17.6 Å². The fraction of sp³-hybridized carbons (Fsp3) is 0.0526. The predicted molar refractivity (Wildman–Crippen MR) is 98.8 cm³/mol. The van der Waals surface area contributed by atoms with Gasteiger partial charge in [0.2, 0.25) is 0 Å². The number of hydrogen-bond acceptors (Lipinski definition) is 4. The Labute approximate surface area is 157 Å². The molecule has 3 aromatic carbocycles. The second kappa shape index (κ2) is 8.05. The van der Waals surface area contributed by atoms with E-state index in [-0.39, 0.29) is 16.9 Å². The number of phenols is 1. The highest BCUT2D eigenvalue weighted by Crippen LogP contribution is 2.26. The molecule has 0 atom stereocenters. The van der Waals surface area contributed by atoms with E-state index in [1.165, 1.54) is 36.4 Å². The Morgan fingerprint density at radius 1 is 0.889 bits per heavy atom. The lowest BCUT2D eigenvalue weighted by atomic mass is 10.1. The Kier molecular flexibility index (Phi) is 5.56. The van der Waals surface area contributed by atoms with E-state index in [0.717, 1.165) is 10.8 Å². The largest absolute Gasteiger partial charge is 0.507 e. The number of amides is 2. The molecule has 0 aliphatic carbocycles. The van der Waals surface area contributed by atoms with E-state index >= 15 is 0 Å². The smallest absolute Gasteiger partial charge is 0.288 e. The Balaban J connectivity index is 1.66. The quantitative estimate of drug-likeness (QED) is 0.467. The van der Waals surface area contributed by atoms with E-state index in [9.17, 15) is 23.5 Å². The lowest BCUT2D eigenvalue weighted by Gasteiger charge is -2.10. The number of aromatic hydroxyl groups is 1. The molecule has 27 heavy (non-hydrogen) atoms. The summed E-state index contributed by atoms with van der Waals surface area (Å²) in [5.41, 5.74) is 4.66. The zero-order valence-electron chi connectivity index (χ0n) is 13.8. The summed E-state index contributed by atoms with van der Waals surface area (Å²) in [4.78, 5) is 24.6. The van der Waals surface area contributed by atoms with Crippen LogP contribution in [0.25, 0.3) is 10.8 Å². The molecule has 0 radical (unpaired) electrons. The molecular formula is C19H14F2N2O3S. The summed E-state index contributed by atoms with van der Waals surface area (Å²) < 4.78 is 24.6. The molecular weight excluding hydrogens is 374 g/mol. The summed E-state index contributed by atoms with van der Waals surface area (Å²) in [5, 5.41) is 11.6. The molecule has 138 valence electrons. The summed E-state index contributed by atoms with van der Waals surface area (Å²) in [6.45, 7) is 0. The summed E-state index contributed by atoms with van der Waals surface area (Å²) in [6.07, 6.45) is 0. The fourth-order valence-corrected chi connectivity index (χ4v) is 2.95. The summed E-state index contributed by atoms with van der Waals surface area (Å²) >= 11 is 0.374. The van der Waals surface area contributed by atoms with Gasteiger partial charge in [-0.05, 0) is 47.2 Å². The molecule has 0 heterocycles. The van der Waals surface area contributed by atoms with Gasteiger partial charge in [0, 0.05) is 10.5 Å². The van der Waals surface area contributed by atoms with Crippen LogP contribution < -0.4 is 10.9 Å². The van der Waals surface area contributed by atoms with E-state index in [2.05, 4.69) is 10.9 Å². The number of phenolic OH excluding ortho intramolecular Hbond substituents is 1. The van der Waals surface area contributed by atoms with Crippen LogP contribution >= 0.6 is 11.8 Å². The molecule has 0 saturated heterocycles. The topological polar surface area (TPSA) is 78.4 Å². The number of thioether (sulfide) groups is 1. The average molecular weight is 388 g/mol. The molecule has 0 aliphatic rings. The molecule has 0 fully saturated rings. The van der Waals surface area contributed by atoms with Gasteiger partial charge in [-0.15, -0.1) is 0 Å². The lowest BCUT2D eigenvalue weighted by molar-refractivity contribution is 0.0845. The number of carbonyl (C=O) groups is 2. The molecule has 3 rings (SSSR count). The average Bonchev–Trinajstić information content (AvgIpc) is 2.65. The van der Waals surface area contributed by atoms with Crippen LogP contribution in [0.4, 0.5) is 8.78 Å². The minimum absolute atomic E-state index is 0.0117. The zero-order valence-corrected chi connectivity index (χ0v) is 14.6. The van der Waals surface area contributed by atoms with Crippen molar-refractivity contribution < 1.29 is 23.5 Å². The maximum atomic E-state index is 12.3. The molecule has 0 bridgehead atoms. The highest BCUT2D eigenvalue weighted by Gasteiger charge is 2.14. The van der Waals surface area contributed by atoms with E-state index in [1.54, 1.807) is 18.2 Å². The van der Waals surface area contributed by atoms with Crippen molar-refractivity contribution in [3.8, 4) is 5.75 Å². The molecule has 8 heteroatoms. The Morgan fingerprint density at radius 3 is 2.11 bits per heavy atom. The molecule has 5 nitrogen and oxygen atoms in total. The summed E-state index contributed by atoms with van der Waals surface area (Å²) in [6, 6.07) is 15.7. The number of alkyl halides is 2. The van der Waals surface area contributed by atoms with Crippen molar-refractivity contribution in [1.29, 1.82) is 0 Å². The molecule has 2 amide bonds. The van der Waals surface area contributed by atoms with Crippen LogP contribution in [-0.4, -0.2) is 22.7 Å². The zero-order chi connectivity index (χ0) is 19.4. The highest BCUT2D eigenvalue weighted by atomic mass is 32.2. The van der Waals surface area contributed by atoms with Crippen LogP contribution in [0.1, 0.15) is 20.7 Å². The highest BCUT2D eigenvalue weighted by molar-refractivity contribution is 7.99. The Morgan fingerprint density at radius 2 is 1.48 bits per heavy atom. The number of benzene rings is 3. The van der Waals surface area contributed by atoms with Gasteiger partial charge in [-0.3, -0.25) is 20.4 Å². The van der Waals surface area contributed by atoms with Gasteiger partial charge in [0.25, 0.3) is 17.6 Å². The first-order chi connectivity index (χ1) is 12.9. The molecule has 0 aliphatic heterocycles. The first kappa shape index (κ1) is 18.7. The maximum absolute atomic E-state index is 12.3. The van der Waals surface area contributed by atoms with Crippen molar-refractivity contribution in [2.75, 3.05) is 0 Å². The van der Waals surface area contributed by atoms with Gasteiger partial charge in [-0.25, -0.2) is 0 Å². The molecule has 3 aromatic rings. The van der Waals surface area contributed by atoms with Gasteiger partial charge < -0.3 is 5.11 Å². The van der Waals surface area contributed by atoms with E-state index in [4.69, 9.17) is 0 Å². The number of halogens is 2. The molecule has 0 spiro atoms. The second-order valence-electron chi connectivity index (χ2n) is 5.53. The fourth-order valence-electron chi connectivity index (χ4n) is 2.45. The standard InChI is InChI=1S/C19H14F2N2O3S/c20-19(21)27-14-7-5-11(6-8-14)17(25)22-23-18(26)15-9-12-3-1-2-4-13(12)10-16(15)24/h1-10,19,24H,(H,22,25)(H,23,26). The van der Waals surface area contributed by atoms with Crippen molar-refractivity contribution >= 4 is 34.3 Å². The van der Waals surface area contributed by atoms with Crippen molar-refractivity contribution in [2.24, 2.45) is 0 Å². The predicted octanol–water partition coefficient (Wildman–Crippen LogP) is 3.93. The van der Waals surface area contributed by atoms with Crippen molar-refractivity contribution in [2.45, 2.75) is 10.7 Å². The number of hydrazine groups is 1. The number of nitrogens with one attached hydrogen (secondary N) is 2. The van der Waals surface area contributed by atoms with Crippen molar-refractivity contribution in [3.63, 3.8) is 0 Å². The maximum Gasteiger partial charge on any atom is 0.288 e. The van der Waals surface area contributed by atoms with Crippen LogP contribution in [0.15, 0.2) is 65.6 Å². The third-order valence-corrected chi connectivity index (χ3v) is 4.46. The molecule has 0 saturated carbocycles. The van der Waals surface area contributed by atoms with Gasteiger partial charge in [0.15, 0.2) is 0 Å². The Bertz CT molecular complexity index is 994. The third-order valence-electron chi connectivity index (χ3n) is 3.74. The van der Waals surface area contributed by atoms with Crippen LogP contribution in [-0.2, 0) is 0 Å². The normalized spacial score (nSPS) is 10.8. The van der Waals surface area contributed by atoms with E-state index in [0.29, 0.717) is 16.7 Å². The minimum Gasteiger partial charge on any atom is -0.507 e.